The first kappa shape index (κ1) is 14.3. The lowest BCUT2D eigenvalue weighted by atomic mass is 10.0. The quantitative estimate of drug-likeness (QED) is 0.607. The zero-order valence-electron chi connectivity index (χ0n) is 7.97. The Morgan fingerprint density at radius 1 is 0.667 bits per heavy atom. The Morgan fingerprint density at radius 2 is 0.917 bits per heavy atom. The Morgan fingerprint density at radius 3 is 1.17 bits per heavy atom. The van der Waals surface area contributed by atoms with E-state index in [1.807, 2.05) is 0 Å². The highest BCUT2D eigenvalue weighted by Crippen LogP contribution is 2.15. The van der Waals surface area contributed by atoms with Crippen LogP contribution in [0.25, 0.3) is 0 Å². The number of hydrogen-bond acceptors (Lipinski definition) is 0. The fourth-order valence-corrected chi connectivity index (χ4v) is 1.09. The molecule has 0 aliphatic heterocycles. The third-order valence-corrected chi connectivity index (χ3v) is 2.33. The minimum atomic E-state index is 0. The molecular formula is C10H16Cl2. The van der Waals surface area contributed by atoms with Crippen LogP contribution in [0.15, 0.2) is 12.1 Å². The van der Waals surface area contributed by atoms with Gasteiger partial charge in [-0.3, -0.25) is 0 Å². The van der Waals surface area contributed by atoms with E-state index in [-0.39, 0.29) is 24.8 Å². The van der Waals surface area contributed by atoms with E-state index >= 15 is 0 Å². The number of benzene rings is 1. The molecule has 0 saturated heterocycles. The molecule has 0 nitrogen and oxygen atoms in total. The van der Waals surface area contributed by atoms with Gasteiger partial charge in [0.15, 0.2) is 0 Å². The van der Waals surface area contributed by atoms with Gasteiger partial charge in [0.2, 0.25) is 0 Å². The molecule has 0 bridgehead atoms. The van der Waals surface area contributed by atoms with Crippen LogP contribution in [0.5, 0.6) is 0 Å². The molecule has 0 radical (unpaired) electrons. The van der Waals surface area contributed by atoms with Crippen LogP contribution in [0.1, 0.15) is 22.3 Å². The van der Waals surface area contributed by atoms with E-state index in [9.17, 15) is 0 Å². The number of rotatable bonds is 0. The smallest absolute Gasteiger partial charge is 0.0392 e. The van der Waals surface area contributed by atoms with E-state index in [0.717, 1.165) is 0 Å². The Balaban J connectivity index is 0. The Labute approximate surface area is 87.2 Å². The maximum atomic E-state index is 2.18. The maximum Gasteiger partial charge on any atom is -0.0392 e. The van der Waals surface area contributed by atoms with Crippen LogP contribution in [0, 0.1) is 27.7 Å². The molecule has 0 atom stereocenters. The van der Waals surface area contributed by atoms with Crippen LogP contribution in [-0.2, 0) is 0 Å². The van der Waals surface area contributed by atoms with Crippen molar-refractivity contribution in [3.63, 3.8) is 0 Å². The standard InChI is InChI=1S/C10H14.2ClH/c1-7-5-6-8(2)10(4)9(7)3;;/h5-6H,1-4H3;2*1H. The Bertz CT molecular complexity index is 227. The van der Waals surface area contributed by atoms with Gasteiger partial charge in [0.1, 0.15) is 0 Å². The molecule has 0 amide bonds. The van der Waals surface area contributed by atoms with Crippen molar-refractivity contribution in [2.24, 2.45) is 0 Å². The molecule has 1 rings (SSSR count). The zero-order valence-corrected chi connectivity index (χ0v) is 9.60. The molecule has 0 saturated carbocycles. The second kappa shape index (κ2) is 5.45. The lowest BCUT2D eigenvalue weighted by molar-refractivity contribution is 1.22. The van der Waals surface area contributed by atoms with Gasteiger partial charge in [0, 0.05) is 0 Å². The first-order valence-corrected chi connectivity index (χ1v) is 3.66. The summed E-state index contributed by atoms with van der Waals surface area (Å²) < 4.78 is 0. The molecule has 0 aromatic heterocycles. The zero-order chi connectivity index (χ0) is 7.72. The summed E-state index contributed by atoms with van der Waals surface area (Å²) in [6, 6.07) is 4.36. The molecule has 70 valence electrons. The Hall–Kier alpha value is -0.200. The summed E-state index contributed by atoms with van der Waals surface area (Å²) in [7, 11) is 0. The van der Waals surface area contributed by atoms with Crippen LogP contribution in [0.3, 0.4) is 0 Å². The van der Waals surface area contributed by atoms with Crippen LogP contribution in [0.2, 0.25) is 0 Å². The summed E-state index contributed by atoms with van der Waals surface area (Å²) in [4.78, 5) is 0. The van der Waals surface area contributed by atoms with Crippen molar-refractivity contribution in [1.29, 1.82) is 0 Å². The predicted molar refractivity (Wildman–Crippen MR) is 59.9 cm³/mol. The van der Waals surface area contributed by atoms with Crippen LogP contribution >= 0.6 is 24.8 Å². The molecule has 2 heteroatoms. The normalized spacial score (nSPS) is 8.33. The third kappa shape index (κ3) is 2.69. The fourth-order valence-electron chi connectivity index (χ4n) is 1.09. The SMILES string of the molecule is Cc1ccc(C)c(C)c1C.Cl.Cl. The predicted octanol–water partition coefficient (Wildman–Crippen LogP) is 3.76. The van der Waals surface area contributed by atoms with E-state index in [1.165, 1.54) is 22.3 Å². The van der Waals surface area contributed by atoms with Gasteiger partial charge in [-0.1, -0.05) is 12.1 Å². The van der Waals surface area contributed by atoms with E-state index in [0.29, 0.717) is 0 Å². The molecule has 1 aromatic rings. The number of aryl methyl sites for hydroxylation is 2. The summed E-state index contributed by atoms with van der Waals surface area (Å²) >= 11 is 0. The van der Waals surface area contributed by atoms with Gasteiger partial charge >= 0.3 is 0 Å². The topological polar surface area (TPSA) is 0 Å². The summed E-state index contributed by atoms with van der Waals surface area (Å²) in [5.41, 5.74) is 5.64. The van der Waals surface area contributed by atoms with Gasteiger partial charge in [0.05, 0.1) is 0 Å². The highest BCUT2D eigenvalue weighted by molar-refractivity contribution is 5.85. The summed E-state index contributed by atoms with van der Waals surface area (Å²) in [6.07, 6.45) is 0. The highest BCUT2D eigenvalue weighted by Gasteiger charge is 1.97. The first-order chi connectivity index (χ1) is 4.63. The monoisotopic (exact) mass is 206 g/mol. The second-order valence-corrected chi connectivity index (χ2v) is 2.95. The average Bonchev–Trinajstić information content (AvgIpc) is 1.93. The van der Waals surface area contributed by atoms with Crippen molar-refractivity contribution < 1.29 is 0 Å². The fraction of sp³-hybridized carbons (Fsp3) is 0.400. The van der Waals surface area contributed by atoms with Crippen molar-refractivity contribution in [3.05, 3.63) is 34.4 Å². The average molecular weight is 207 g/mol. The van der Waals surface area contributed by atoms with Gasteiger partial charge < -0.3 is 0 Å². The summed E-state index contributed by atoms with van der Waals surface area (Å²) in [6.45, 7) is 8.67. The highest BCUT2D eigenvalue weighted by atomic mass is 35.5. The second-order valence-electron chi connectivity index (χ2n) is 2.95. The minimum absolute atomic E-state index is 0. The van der Waals surface area contributed by atoms with Crippen molar-refractivity contribution in [3.8, 4) is 0 Å². The lowest BCUT2D eigenvalue weighted by Crippen LogP contribution is -1.88. The maximum absolute atomic E-state index is 2.18. The number of halogens is 2. The van der Waals surface area contributed by atoms with Gasteiger partial charge in [0.25, 0.3) is 0 Å². The van der Waals surface area contributed by atoms with Crippen LogP contribution in [-0.4, -0.2) is 0 Å². The molecule has 0 fully saturated rings. The van der Waals surface area contributed by atoms with E-state index in [4.69, 9.17) is 0 Å². The van der Waals surface area contributed by atoms with Crippen molar-refractivity contribution in [1.82, 2.24) is 0 Å². The van der Waals surface area contributed by atoms with Crippen LogP contribution in [0.4, 0.5) is 0 Å². The molecule has 12 heavy (non-hydrogen) atoms. The molecule has 0 heterocycles. The molecule has 0 N–H and O–H groups in total. The van der Waals surface area contributed by atoms with Gasteiger partial charge in [-0.2, -0.15) is 0 Å². The molecule has 0 unspecified atom stereocenters. The lowest BCUT2D eigenvalue weighted by Gasteiger charge is -2.06. The van der Waals surface area contributed by atoms with E-state index in [2.05, 4.69) is 39.8 Å². The van der Waals surface area contributed by atoms with E-state index in [1.54, 1.807) is 0 Å². The van der Waals surface area contributed by atoms with Crippen molar-refractivity contribution in [2.75, 3.05) is 0 Å². The summed E-state index contributed by atoms with van der Waals surface area (Å²) in [5, 5.41) is 0. The van der Waals surface area contributed by atoms with Crippen LogP contribution < -0.4 is 0 Å². The largest absolute Gasteiger partial charge is 0.147 e. The molecule has 0 spiro atoms. The Kier molecular flexibility index (Phi) is 6.50. The van der Waals surface area contributed by atoms with Gasteiger partial charge in [-0.05, 0) is 49.9 Å². The molecule has 0 aliphatic carbocycles. The first-order valence-electron chi connectivity index (χ1n) is 3.66. The molecule has 0 aliphatic rings. The number of hydrogen-bond donors (Lipinski definition) is 0. The van der Waals surface area contributed by atoms with Gasteiger partial charge in [-0.25, -0.2) is 0 Å². The third-order valence-electron chi connectivity index (χ3n) is 2.33. The van der Waals surface area contributed by atoms with Gasteiger partial charge in [-0.15, -0.1) is 24.8 Å². The molecular weight excluding hydrogens is 191 g/mol. The minimum Gasteiger partial charge on any atom is -0.147 e. The van der Waals surface area contributed by atoms with E-state index < -0.39 is 0 Å². The molecule has 1 aromatic carbocycles. The summed E-state index contributed by atoms with van der Waals surface area (Å²) in [5.74, 6) is 0. The van der Waals surface area contributed by atoms with Crippen molar-refractivity contribution in [2.45, 2.75) is 27.7 Å². The van der Waals surface area contributed by atoms with Crippen molar-refractivity contribution >= 4 is 24.8 Å².